The number of carbonyl (C=O) groups excluding carboxylic acids is 3. The van der Waals surface area contributed by atoms with Crippen molar-refractivity contribution in [2.75, 3.05) is 23.1 Å². The summed E-state index contributed by atoms with van der Waals surface area (Å²) in [6.07, 6.45) is 0. The number of nitrogens with one attached hydrogen (secondary N) is 1. The second-order valence-corrected chi connectivity index (χ2v) is 7.37. The molecule has 0 radical (unpaired) electrons. The van der Waals surface area contributed by atoms with Crippen LogP contribution in [0.4, 0.5) is 17.1 Å². The fourth-order valence-corrected chi connectivity index (χ4v) is 3.33. The maximum Gasteiger partial charge on any atom is 0.343 e. The number of hydrogen-bond acceptors (Lipinski definition) is 7. The smallest absolute Gasteiger partial charge is 0.343 e. The number of methoxy groups -OCH3 is 1. The van der Waals surface area contributed by atoms with Gasteiger partial charge >= 0.3 is 5.97 Å². The minimum atomic E-state index is -0.641. The Morgan fingerprint density at radius 3 is 2.09 bits per heavy atom. The van der Waals surface area contributed by atoms with Crippen LogP contribution in [-0.4, -0.2) is 24.9 Å². The number of ether oxygens (including phenoxy) is 2. The molecule has 3 N–H and O–H groups in total. The van der Waals surface area contributed by atoms with Gasteiger partial charge in [-0.25, -0.2) is 9.69 Å². The lowest BCUT2D eigenvalue weighted by Gasteiger charge is -2.15. The zero-order valence-corrected chi connectivity index (χ0v) is 18.1. The summed E-state index contributed by atoms with van der Waals surface area (Å²) in [6.45, 7) is 0. The van der Waals surface area contributed by atoms with Gasteiger partial charge in [0.2, 0.25) is 0 Å². The van der Waals surface area contributed by atoms with E-state index in [0.717, 1.165) is 4.90 Å². The monoisotopic (exact) mass is 463 g/mol. The third kappa shape index (κ3) is 4.51. The van der Waals surface area contributed by atoms with Crippen LogP contribution in [0.1, 0.15) is 10.4 Å². The van der Waals surface area contributed by atoms with Crippen molar-refractivity contribution in [2.45, 2.75) is 0 Å². The Morgan fingerprint density at radius 2 is 1.48 bits per heavy atom. The van der Waals surface area contributed by atoms with E-state index in [1.165, 1.54) is 19.2 Å². The van der Waals surface area contributed by atoms with Crippen LogP contribution in [0, 0.1) is 0 Å². The first kappa shape index (κ1) is 21.9. The predicted molar refractivity (Wildman–Crippen MR) is 124 cm³/mol. The molecule has 3 aromatic rings. The number of nitrogens with zero attached hydrogens (tertiary/aromatic N) is 1. The van der Waals surface area contributed by atoms with Crippen molar-refractivity contribution in [2.24, 2.45) is 0 Å². The SMILES string of the molecule is COc1ccc(N2C(=O)C(Cl)=C(Nc3ccc(C(=O)Oc4ccc(N)cc4)cc3)C2=O)cc1. The number of nitrogens with two attached hydrogens (primary N) is 1. The first-order valence-electron chi connectivity index (χ1n) is 9.75. The van der Waals surface area contributed by atoms with Crippen molar-refractivity contribution >= 4 is 46.4 Å². The molecule has 0 saturated heterocycles. The second kappa shape index (κ2) is 9.05. The van der Waals surface area contributed by atoms with Crippen LogP contribution in [0.25, 0.3) is 0 Å². The second-order valence-electron chi connectivity index (χ2n) is 6.99. The van der Waals surface area contributed by atoms with Gasteiger partial charge in [-0.1, -0.05) is 11.6 Å². The minimum Gasteiger partial charge on any atom is -0.497 e. The van der Waals surface area contributed by atoms with Gasteiger partial charge in [-0.05, 0) is 72.8 Å². The maximum absolute atomic E-state index is 12.9. The number of carbonyl (C=O) groups is 3. The molecule has 8 nitrogen and oxygen atoms in total. The lowest BCUT2D eigenvalue weighted by atomic mass is 10.2. The number of imide groups is 1. The zero-order chi connectivity index (χ0) is 23.5. The van der Waals surface area contributed by atoms with E-state index in [-0.39, 0.29) is 10.7 Å². The van der Waals surface area contributed by atoms with E-state index >= 15 is 0 Å². The average molecular weight is 464 g/mol. The van der Waals surface area contributed by atoms with Gasteiger partial charge in [0.05, 0.1) is 18.4 Å². The van der Waals surface area contributed by atoms with E-state index in [1.807, 2.05) is 0 Å². The van der Waals surface area contributed by atoms with Crippen LogP contribution < -0.4 is 25.4 Å². The highest BCUT2D eigenvalue weighted by Crippen LogP contribution is 2.31. The number of benzene rings is 3. The molecule has 0 unspecified atom stereocenters. The van der Waals surface area contributed by atoms with Gasteiger partial charge in [0.25, 0.3) is 11.8 Å². The van der Waals surface area contributed by atoms with E-state index < -0.39 is 17.8 Å². The van der Waals surface area contributed by atoms with Crippen molar-refractivity contribution in [3.63, 3.8) is 0 Å². The molecule has 166 valence electrons. The summed E-state index contributed by atoms with van der Waals surface area (Å²) >= 11 is 6.16. The van der Waals surface area contributed by atoms with E-state index in [4.69, 9.17) is 26.8 Å². The van der Waals surface area contributed by atoms with E-state index in [2.05, 4.69) is 5.32 Å². The molecule has 1 heterocycles. The number of amides is 2. The summed E-state index contributed by atoms with van der Waals surface area (Å²) in [5, 5.41) is 2.63. The molecule has 0 spiro atoms. The van der Waals surface area contributed by atoms with Gasteiger partial charge in [0.15, 0.2) is 0 Å². The third-order valence-corrected chi connectivity index (χ3v) is 5.19. The van der Waals surface area contributed by atoms with E-state index in [0.29, 0.717) is 34.1 Å². The Morgan fingerprint density at radius 1 is 0.879 bits per heavy atom. The summed E-state index contributed by atoms with van der Waals surface area (Å²) in [5.74, 6) is -0.839. The van der Waals surface area contributed by atoms with Crippen LogP contribution in [0.15, 0.2) is 83.5 Å². The van der Waals surface area contributed by atoms with Gasteiger partial charge in [0, 0.05) is 11.4 Å². The highest BCUT2D eigenvalue weighted by Gasteiger charge is 2.39. The minimum absolute atomic E-state index is 0.0605. The maximum atomic E-state index is 12.9. The summed E-state index contributed by atoms with van der Waals surface area (Å²) < 4.78 is 10.4. The van der Waals surface area contributed by atoms with Crippen molar-refractivity contribution < 1.29 is 23.9 Å². The molecular weight excluding hydrogens is 446 g/mol. The summed E-state index contributed by atoms with van der Waals surface area (Å²) in [6, 6.07) is 19.1. The fraction of sp³-hybridized carbons (Fsp3) is 0.0417. The van der Waals surface area contributed by atoms with Gasteiger partial charge in [0.1, 0.15) is 22.2 Å². The Bertz CT molecular complexity index is 1250. The molecule has 0 aliphatic carbocycles. The highest BCUT2D eigenvalue weighted by atomic mass is 35.5. The van der Waals surface area contributed by atoms with Crippen LogP contribution in [0.3, 0.4) is 0 Å². The van der Waals surface area contributed by atoms with Crippen LogP contribution in [0.5, 0.6) is 11.5 Å². The molecule has 1 aliphatic heterocycles. The average Bonchev–Trinajstić information content (AvgIpc) is 3.04. The number of rotatable bonds is 6. The van der Waals surface area contributed by atoms with Gasteiger partial charge in [-0.3, -0.25) is 9.59 Å². The number of halogens is 1. The summed E-state index contributed by atoms with van der Waals surface area (Å²) in [5.41, 5.74) is 7.24. The molecule has 0 atom stereocenters. The normalized spacial score (nSPS) is 13.3. The van der Waals surface area contributed by atoms with Crippen LogP contribution in [-0.2, 0) is 9.59 Å². The molecule has 4 rings (SSSR count). The molecular formula is C24H18ClN3O5. The Balaban J connectivity index is 1.46. The third-order valence-electron chi connectivity index (χ3n) is 4.84. The highest BCUT2D eigenvalue weighted by molar-refractivity contribution is 6.53. The van der Waals surface area contributed by atoms with E-state index in [1.54, 1.807) is 60.7 Å². The lowest BCUT2D eigenvalue weighted by molar-refractivity contribution is -0.120. The van der Waals surface area contributed by atoms with Gasteiger partial charge in [-0.2, -0.15) is 0 Å². The standard InChI is InChI=1S/C24H18ClN3O5/c1-32-18-12-8-17(9-13-18)28-22(29)20(25)21(23(28)30)27-16-6-2-14(3-7-16)24(31)33-19-10-4-15(26)5-11-19/h2-13,27H,26H2,1H3. The number of esters is 1. The Labute approximate surface area is 194 Å². The van der Waals surface area contributed by atoms with Crippen LogP contribution in [0.2, 0.25) is 0 Å². The molecule has 3 aromatic carbocycles. The fourth-order valence-electron chi connectivity index (χ4n) is 3.11. The molecule has 9 heteroatoms. The van der Waals surface area contributed by atoms with Gasteiger partial charge < -0.3 is 20.5 Å². The summed E-state index contributed by atoms with van der Waals surface area (Å²) in [4.78, 5) is 38.8. The number of anilines is 3. The van der Waals surface area contributed by atoms with Crippen LogP contribution >= 0.6 is 11.6 Å². The first-order chi connectivity index (χ1) is 15.9. The molecule has 2 amide bonds. The predicted octanol–water partition coefficient (Wildman–Crippen LogP) is 3.93. The molecule has 33 heavy (non-hydrogen) atoms. The molecule has 0 bridgehead atoms. The van der Waals surface area contributed by atoms with Crippen molar-refractivity contribution in [3.8, 4) is 11.5 Å². The molecule has 0 fully saturated rings. The van der Waals surface area contributed by atoms with Crippen molar-refractivity contribution in [1.29, 1.82) is 0 Å². The quantitative estimate of drug-likeness (QED) is 0.246. The van der Waals surface area contributed by atoms with Crippen molar-refractivity contribution in [1.82, 2.24) is 0 Å². The zero-order valence-electron chi connectivity index (χ0n) is 17.4. The van der Waals surface area contributed by atoms with E-state index in [9.17, 15) is 14.4 Å². The van der Waals surface area contributed by atoms with Gasteiger partial charge in [-0.15, -0.1) is 0 Å². The number of nitrogen functional groups attached to an aromatic ring is 1. The topological polar surface area (TPSA) is 111 Å². The molecule has 1 aliphatic rings. The summed E-state index contributed by atoms with van der Waals surface area (Å²) in [7, 11) is 1.52. The number of hydrogen-bond donors (Lipinski definition) is 2. The van der Waals surface area contributed by atoms with Crippen molar-refractivity contribution in [3.05, 3.63) is 89.1 Å². The largest absolute Gasteiger partial charge is 0.497 e. The lowest BCUT2D eigenvalue weighted by Crippen LogP contribution is -2.32. The first-order valence-corrected chi connectivity index (χ1v) is 10.1. The Kier molecular flexibility index (Phi) is 6.01. The molecule has 0 aromatic heterocycles. The molecule has 0 saturated carbocycles. The Hall–Kier alpha value is -4.30.